The van der Waals surface area contributed by atoms with Crippen LogP contribution < -0.4 is 10.6 Å². The molecule has 0 saturated heterocycles. The molecule has 160 valence electrons. The number of guanidine groups is 1. The molecule has 0 spiro atoms. The van der Waals surface area contributed by atoms with Crippen molar-refractivity contribution in [3.8, 4) is 0 Å². The van der Waals surface area contributed by atoms with E-state index in [4.69, 9.17) is 4.99 Å². The van der Waals surface area contributed by atoms with Gasteiger partial charge in [-0.15, -0.1) is 24.0 Å². The van der Waals surface area contributed by atoms with Crippen LogP contribution in [0.2, 0.25) is 0 Å². The summed E-state index contributed by atoms with van der Waals surface area (Å²) in [5.74, 6) is 1.15. The summed E-state index contributed by atoms with van der Waals surface area (Å²) >= 11 is 0. The van der Waals surface area contributed by atoms with Gasteiger partial charge in [0.15, 0.2) is 15.8 Å². The van der Waals surface area contributed by atoms with Crippen molar-refractivity contribution in [3.63, 3.8) is 0 Å². The van der Waals surface area contributed by atoms with Gasteiger partial charge < -0.3 is 10.6 Å². The molecule has 0 aliphatic rings. The molecule has 0 amide bonds. The summed E-state index contributed by atoms with van der Waals surface area (Å²) in [7, 11) is -3.15. The average molecular weight is 529 g/mol. The first kappa shape index (κ1) is 25.4. The monoisotopic (exact) mass is 529 g/mol. The maximum Gasteiger partial charge on any atom is 0.191 e. The number of hydrogen-bond acceptors (Lipinski definition) is 3. The van der Waals surface area contributed by atoms with Crippen LogP contribution in [0.1, 0.15) is 36.5 Å². The molecule has 2 aromatic rings. The first-order valence-electron chi connectivity index (χ1n) is 9.67. The molecule has 2 N–H and O–H groups in total. The van der Waals surface area contributed by atoms with Crippen molar-refractivity contribution in [2.24, 2.45) is 4.99 Å². The molecule has 1 atom stereocenters. The second-order valence-corrected chi connectivity index (χ2v) is 9.14. The quantitative estimate of drug-likeness (QED) is 0.309. The van der Waals surface area contributed by atoms with Crippen LogP contribution in [0.5, 0.6) is 0 Å². The fraction of sp³-hybridized carbons (Fsp3) is 0.409. The number of halogens is 1. The van der Waals surface area contributed by atoms with E-state index >= 15 is 0 Å². The maximum absolute atomic E-state index is 11.5. The van der Waals surface area contributed by atoms with Gasteiger partial charge >= 0.3 is 0 Å². The van der Waals surface area contributed by atoms with Gasteiger partial charge in [0.25, 0.3) is 0 Å². The van der Waals surface area contributed by atoms with Crippen molar-refractivity contribution < 1.29 is 8.42 Å². The van der Waals surface area contributed by atoms with E-state index in [0.29, 0.717) is 17.4 Å². The maximum atomic E-state index is 11.5. The van der Waals surface area contributed by atoms with Crippen LogP contribution in [0, 0.1) is 6.92 Å². The molecular weight excluding hydrogens is 497 g/mol. The second-order valence-electron chi connectivity index (χ2n) is 7.12. The van der Waals surface area contributed by atoms with E-state index < -0.39 is 9.84 Å². The van der Waals surface area contributed by atoms with Gasteiger partial charge in [0.05, 0.1) is 4.90 Å². The number of rotatable bonds is 8. The minimum Gasteiger partial charge on any atom is -0.357 e. The molecular formula is C22H32IN3O2S. The Balaban J connectivity index is 0.00000420. The summed E-state index contributed by atoms with van der Waals surface area (Å²) in [4.78, 5) is 5.06. The number of aryl methyl sites for hydroxylation is 1. The number of hydrogen-bond donors (Lipinski definition) is 2. The van der Waals surface area contributed by atoms with Crippen LogP contribution >= 0.6 is 24.0 Å². The van der Waals surface area contributed by atoms with E-state index in [2.05, 4.69) is 48.7 Å². The molecule has 0 bridgehead atoms. The zero-order valence-electron chi connectivity index (χ0n) is 17.6. The molecule has 0 saturated carbocycles. The molecule has 0 fully saturated rings. The topological polar surface area (TPSA) is 70.6 Å². The predicted molar refractivity (Wildman–Crippen MR) is 132 cm³/mol. The minimum atomic E-state index is -3.15. The van der Waals surface area contributed by atoms with Crippen LogP contribution in [-0.4, -0.2) is 40.3 Å². The zero-order chi connectivity index (χ0) is 20.6. The van der Waals surface area contributed by atoms with Gasteiger partial charge in [-0.2, -0.15) is 0 Å². The first-order valence-corrected chi connectivity index (χ1v) is 11.6. The Morgan fingerprint density at radius 3 is 2.21 bits per heavy atom. The average Bonchev–Trinajstić information content (AvgIpc) is 2.66. The summed E-state index contributed by atoms with van der Waals surface area (Å²) < 4.78 is 23.1. The second kappa shape index (κ2) is 12.2. The fourth-order valence-electron chi connectivity index (χ4n) is 2.80. The highest BCUT2D eigenvalue weighted by Crippen LogP contribution is 2.16. The summed E-state index contributed by atoms with van der Waals surface area (Å²) in [6.45, 7) is 8.55. The molecule has 1 unspecified atom stereocenters. The van der Waals surface area contributed by atoms with Gasteiger partial charge in [0.1, 0.15) is 0 Å². The van der Waals surface area contributed by atoms with Gasteiger partial charge in [-0.25, -0.2) is 8.42 Å². The molecule has 0 heterocycles. The number of benzene rings is 2. The Bertz CT molecular complexity index is 879. The standard InChI is InChI=1S/C22H31N3O2S.HI/c1-5-23-22(25-16-18(3)20-10-6-17(2)7-11-20)24-15-14-19-8-12-21(13-9-19)28(4,26)27;/h6-13,18H,5,14-16H2,1-4H3,(H2,23,24,25);1H. The van der Waals surface area contributed by atoms with Gasteiger partial charge in [0.2, 0.25) is 0 Å². The molecule has 5 nitrogen and oxygen atoms in total. The van der Waals surface area contributed by atoms with E-state index in [1.807, 2.05) is 19.1 Å². The molecule has 0 aliphatic heterocycles. The van der Waals surface area contributed by atoms with Gasteiger partial charge in [-0.05, 0) is 43.5 Å². The van der Waals surface area contributed by atoms with Gasteiger partial charge in [-0.3, -0.25) is 4.99 Å². The van der Waals surface area contributed by atoms with E-state index in [1.54, 1.807) is 12.1 Å². The summed E-state index contributed by atoms with van der Waals surface area (Å²) in [5.41, 5.74) is 3.64. The van der Waals surface area contributed by atoms with Crippen LogP contribution in [0.4, 0.5) is 0 Å². The number of nitrogens with zero attached hydrogens (tertiary/aromatic N) is 1. The lowest BCUT2D eigenvalue weighted by atomic mass is 10.0. The Kier molecular flexibility index (Phi) is 10.7. The van der Waals surface area contributed by atoms with E-state index in [9.17, 15) is 8.42 Å². The van der Waals surface area contributed by atoms with Crippen molar-refractivity contribution in [1.29, 1.82) is 0 Å². The van der Waals surface area contributed by atoms with Crippen molar-refractivity contribution in [3.05, 3.63) is 65.2 Å². The lowest BCUT2D eigenvalue weighted by Crippen LogP contribution is -2.38. The lowest BCUT2D eigenvalue weighted by Gasteiger charge is -2.14. The smallest absolute Gasteiger partial charge is 0.191 e. The minimum absolute atomic E-state index is 0. The van der Waals surface area contributed by atoms with Crippen molar-refractivity contribution >= 4 is 39.8 Å². The number of aliphatic imine (C=N–C) groups is 1. The highest BCUT2D eigenvalue weighted by molar-refractivity contribution is 14.0. The van der Waals surface area contributed by atoms with Crippen molar-refractivity contribution in [2.75, 3.05) is 25.9 Å². The normalized spacial score (nSPS) is 12.8. The third-order valence-corrected chi connectivity index (χ3v) is 5.70. The highest BCUT2D eigenvalue weighted by atomic mass is 127. The molecule has 29 heavy (non-hydrogen) atoms. The third kappa shape index (κ3) is 8.74. The van der Waals surface area contributed by atoms with Crippen LogP contribution in [0.25, 0.3) is 0 Å². The van der Waals surface area contributed by atoms with Gasteiger partial charge in [-0.1, -0.05) is 48.9 Å². The molecule has 0 aliphatic carbocycles. The number of nitrogens with one attached hydrogen (secondary N) is 2. The summed E-state index contributed by atoms with van der Waals surface area (Å²) in [6.07, 6.45) is 2.02. The van der Waals surface area contributed by atoms with Crippen molar-refractivity contribution in [2.45, 2.75) is 38.0 Å². The van der Waals surface area contributed by atoms with Crippen molar-refractivity contribution in [1.82, 2.24) is 10.6 Å². The largest absolute Gasteiger partial charge is 0.357 e. The molecule has 2 rings (SSSR count). The van der Waals surface area contributed by atoms with E-state index in [0.717, 1.165) is 31.0 Å². The van der Waals surface area contributed by atoms with E-state index in [-0.39, 0.29) is 24.0 Å². The van der Waals surface area contributed by atoms with Crippen LogP contribution in [0.15, 0.2) is 58.4 Å². The summed E-state index contributed by atoms with van der Waals surface area (Å²) in [5, 5.41) is 6.62. The highest BCUT2D eigenvalue weighted by Gasteiger charge is 2.07. The molecule has 0 radical (unpaired) electrons. The molecule has 2 aromatic carbocycles. The molecule has 0 aromatic heterocycles. The zero-order valence-corrected chi connectivity index (χ0v) is 20.8. The first-order chi connectivity index (χ1) is 13.3. The van der Waals surface area contributed by atoms with Crippen LogP contribution in [0.3, 0.4) is 0 Å². The lowest BCUT2D eigenvalue weighted by molar-refractivity contribution is 0.602. The predicted octanol–water partition coefficient (Wildman–Crippen LogP) is 3.92. The Morgan fingerprint density at radius 1 is 1.03 bits per heavy atom. The number of sulfone groups is 1. The van der Waals surface area contributed by atoms with E-state index in [1.165, 1.54) is 17.4 Å². The van der Waals surface area contributed by atoms with Crippen LogP contribution in [-0.2, 0) is 16.3 Å². The Morgan fingerprint density at radius 2 is 1.66 bits per heavy atom. The summed E-state index contributed by atoms with van der Waals surface area (Å²) in [6, 6.07) is 15.6. The SMILES string of the molecule is CCNC(=NCC(C)c1ccc(C)cc1)NCCc1ccc(S(C)(=O)=O)cc1.I. The van der Waals surface area contributed by atoms with Gasteiger partial charge in [0, 0.05) is 31.8 Å². The Hall–Kier alpha value is -1.61. The molecule has 7 heteroatoms. The fourth-order valence-corrected chi connectivity index (χ4v) is 3.43. The third-order valence-electron chi connectivity index (χ3n) is 4.57. The Labute approximate surface area is 192 Å².